The molecule has 10 heteroatoms. The molecule has 0 heterocycles. The summed E-state index contributed by atoms with van der Waals surface area (Å²) < 4.78 is 7.36. The molecule has 0 spiro atoms. The lowest BCUT2D eigenvalue weighted by molar-refractivity contribution is -0.378. The minimum Gasteiger partial charge on any atom is -0.395 e. The largest absolute Gasteiger partial charge is 0.419 e. The normalized spacial score (nSPS) is 13.7. The second kappa shape index (κ2) is 30.9. The highest BCUT2D eigenvalue weighted by Gasteiger charge is 2.64. The van der Waals surface area contributed by atoms with Gasteiger partial charge in [0.2, 0.25) is 4.27 Å². The fourth-order valence-corrected chi connectivity index (χ4v) is 5.84. The number of thiol groups is 3. The zero-order valence-electron chi connectivity index (χ0n) is 30.9. The molecule has 0 bridgehead atoms. The summed E-state index contributed by atoms with van der Waals surface area (Å²) in [5, 5.41) is 31.9. The van der Waals surface area contributed by atoms with Crippen molar-refractivity contribution < 1.29 is 34.4 Å². The maximum absolute atomic E-state index is 12.6. The summed E-state index contributed by atoms with van der Waals surface area (Å²) in [6.45, 7) is 4.47. The van der Waals surface area contributed by atoms with Gasteiger partial charge >= 0.3 is 17.9 Å². The summed E-state index contributed by atoms with van der Waals surface area (Å²) in [4.78, 5) is 22.1. The van der Waals surface area contributed by atoms with Gasteiger partial charge in [0.15, 0.2) is 0 Å². The van der Waals surface area contributed by atoms with E-state index in [0.717, 1.165) is 77.0 Å². The van der Waals surface area contributed by atoms with Gasteiger partial charge in [0.25, 0.3) is 4.93 Å². The van der Waals surface area contributed by atoms with Gasteiger partial charge in [-0.2, -0.15) is 0 Å². The van der Waals surface area contributed by atoms with Crippen molar-refractivity contribution in [2.45, 2.75) is 209 Å². The average molecular weight is 749 g/mol. The Morgan fingerprint density at radius 2 is 0.735 bits per heavy atom. The van der Waals surface area contributed by atoms with Crippen LogP contribution in [-0.2, 0) is 19.1 Å². The van der Waals surface area contributed by atoms with Gasteiger partial charge in [-0.3, -0.25) is 9.59 Å². The van der Waals surface area contributed by atoms with Crippen LogP contribution in [0.1, 0.15) is 194 Å². The zero-order valence-corrected chi connectivity index (χ0v) is 33.6. The van der Waals surface area contributed by atoms with Gasteiger partial charge in [0.05, 0.1) is 0 Å². The summed E-state index contributed by atoms with van der Waals surface area (Å²) in [6.07, 6.45) is 37.7. The molecular weight excluding hydrogens is 677 g/mol. The fourth-order valence-electron chi connectivity index (χ4n) is 5.47. The second-order valence-electron chi connectivity index (χ2n) is 13.5. The van der Waals surface area contributed by atoms with E-state index in [4.69, 9.17) is 9.47 Å². The molecule has 0 aromatic heterocycles. The second-order valence-corrected chi connectivity index (χ2v) is 15.8. The van der Waals surface area contributed by atoms with Crippen molar-refractivity contribution in [2.75, 3.05) is 0 Å². The van der Waals surface area contributed by atoms with Gasteiger partial charge in [-0.25, -0.2) is 0 Å². The van der Waals surface area contributed by atoms with Crippen LogP contribution in [0.25, 0.3) is 0 Å². The number of unbranched alkanes of at least 4 members (excludes halogenated alkanes) is 22. The Hall–Kier alpha value is -0.650. The molecule has 0 aliphatic carbocycles. The molecular formula is C39H72O7S3. The summed E-state index contributed by atoms with van der Waals surface area (Å²) in [6, 6.07) is 0. The molecule has 0 saturated heterocycles. The molecule has 0 aromatic carbocycles. The van der Waals surface area contributed by atoms with E-state index in [1.807, 2.05) is 0 Å². The molecule has 0 aromatic rings. The lowest BCUT2D eigenvalue weighted by Crippen LogP contribution is -2.64. The van der Waals surface area contributed by atoms with Gasteiger partial charge in [0.1, 0.15) is 0 Å². The third-order valence-corrected chi connectivity index (χ3v) is 10.3. The molecule has 0 radical (unpaired) electrons. The average Bonchev–Trinajstić information content (AvgIpc) is 3.04. The van der Waals surface area contributed by atoms with E-state index in [1.54, 1.807) is 0 Å². The first-order chi connectivity index (χ1) is 23.4. The Balaban J connectivity index is 4.33. The number of hydrogen-bond donors (Lipinski definition) is 6. The number of carbonyl (C=O) groups excluding carboxylic acids is 2. The van der Waals surface area contributed by atoms with E-state index in [-0.39, 0.29) is 12.8 Å². The van der Waals surface area contributed by atoms with E-state index in [1.165, 1.54) is 77.0 Å². The fraction of sp³-hybridized carbons (Fsp3) is 0.846. The van der Waals surface area contributed by atoms with Crippen LogP contribution in [0.4, 0.5) is 0 Å². The Labute approximate surface area is 316 Å². The predicted octanol–water partition coefficient (Wildman–Crippen LogP) is 10.9. The van der Waals surface area contributed by atoms with Gasteiger partial charge < -0.3 is 24.8 Å². The Kier molecular flexibility index (Phi) is 30.5. The quantitative estimate of drug-likeness (QED) is 0.0128. The van der Waals surface area contributed by atoms with Crippen molar-refractivity contribution in [2.24, 2.45) is 0 Å². The first-order valence-corrected chi connectivity index (χ1v) is 20.8. The van der Waals surface area contributed by atoms with Gasteiger partial charge in [-0.05, 0) is 64.2 Å². The Bertz CT molecular complexity index is 817. The number of hydrogen-bond acceptors (Lipinski definition) is 10. The monoisotopic (exact) mass is 748 g/mol. The standard InChI is InChI=1S/C39H72O7S3/c1-3-5-7-9-11-13-15-17-19-21-23-25-27-29-31-33-35(40)45-38(43,37(42,47)39(44,48)49)46-36(41)34-32-30-28-26-24-22-20-18-16-14-12-10-8-6-4-2/h17-20,42-44,47-49H,3-16,21-34H2,1-2H3/b19-17-,20-18-. The van der Waals surface area contributed by atoms with Gasteiger partial charge in [0, 0.05) is 12.8 Å². The van der Waals surface area contributed by atoms with E-state index in [9.17, 15) is 24.9 Å². The number of esters is 2. The highest BCUT2D eigenvalue weighted by atomic mass is 32.2. The van der Waals surface area contributed by atoms with Crippen LogP contribution in [-0.4, -0.2) is 42.4 Å². The lowest BCUT2D eigenvalue weighted by atomic mass is 10.1. The lowest BCUT2D eigenvalue weighted by Gasteiger charge is -2.42. The maximum Gasteiger partial charge on any atom is 0.419 e. The van der Waals surface area contributed by atoms with Crippen molar-refractivity contribution >= 4 is 49.8 Å². The van der Waals surface area contributed by atoms with E-state index in [0.29, 0.717) is 12.8 Å². The number of allylic oxidation sites excluding steroid dienone is 4. The van der Waals surface area contributed by atoms with Crippen LogP contribution >= 0.6 is 37.9 Å². The number of aliphatic hydroxyl groups is 3. The highest BCUT2D eigenvalue weighted by molar-refractivity contribution is 8.01. The summed E-state index contributed by atoms with van der Waals surface area (Å²) in [5.41, 5.74) is 0. The Morgan fingerprint density at radius 1 is 0.469 bits per heavy atom. The molecule has 0 aliphatic rings. The molecule has 3 N–H and O–H groups in total. The van der Waals surface area contributed by atoms with Crippen LogP contribution in [0.5, 0.6) is 0 Å². The SMILES string of the molecule is CCCCCCCC/C=C\CCCCCCCC(=O)OC(O)(OC(=O)CCCCCCC/C=C\CCCCCCCC)C(O)(S)C(O)(S)S. The molecule has 288 valence electrons. The van der Waals surface area contributed by atoms with E-state index in [2.05, 4.69) is 76.0 Å². The minimum atomic E-state index is -3.30. The van der Waals surface area contributed by atoms with Crippen LogP contribution in [0.2, 0.25) is 0 Å². The van der Waals surface area contributed by atoms with Gasteiger partial charge in [-0.1, -0.05) is 141 Å². The molecule has 0 saturated carbocycles. The van der Waals surface area contributed by atoms with Crippen molar-refractivity contribution in [3.63, 3.8) is 0 Å². The van der Waals surface area contributed by atoms with Crippen LogP contribution < -0.4 is 0 Å². The highest BCUT2D eigenvalue weighted by Crippen LogP contribution is 2.43. The van der Waals surface area contributed by atoms with Crippen LogP contribution in [0.15, 0.2) is 24.3 Å². The summed E-state index contributed by atoms with van der Waals surface area (Å²) in [7, 11) is 0. The summed E-state index contributed by atoms with van der Waals surface area (Å²) in [5.74, 6) is -5.12. The summed E-state index contributed by atoms with van der Waals surface area (Å²) >= 11 is 11.3. The molecule has 0 aliphatic heterocycles. The van der Waals surface area contributed by atoms with E-state index < -0.39 is 27.1 Å². The predicted molar refractivity (Wildman–Crippen MR) is 213 cm³/mol. The first-order valence-electron chi connectivity index (χ1n) is 19.5. The third-order valence-electron chi connectivity index (χ3n) is 8.70. The third kappa shape index (κ3) is 25.9. The van der Waals surface area contributed by atoms with Gasteiger partial charge in [-0.15, -0.1) is 37.9 Å². The minimum absolute atomic E-state index is 0.0757. The number of carbonyl (C=O) groups is 2. The maximum atomic E-state index is 12.6. The smallest absolute Gasteiger partial charge is 0.395 e. The molecule has 1 atom stereocenters. The molecule has 0 rings (SSSR count). The molecule has 0 amide bonds. The molecule has 0 fully saturated rings. The molecule has 1 unspecified atom stereocenters. The van der Waals surface area contributed by atoms with Crippen LogP contribution in [0.3, 0.4) is 0 Å². The number of rotatable bonds is 34. The number of ether oxygens (including phenoxy) is 2. The van der Waals surface area contributed by atoms with Crippen molar-refractivity contribution in [1.82, 2.24) is 0 Å². The first kappa shape index (κ1) is 48.3. The topological polar surface area (TPSA) is 113 Å². The molecule has 49 heavy (non-hydrogen) atoms. The van der Waals surface area contributed by atoms with Crippen molar-refractivity contribution in [3.8, 4) is 0 Å². The zero-order chi connectivity index (χ0) is 36.7. The van der Waals surface area contributed by atoms with E-state index >= 15 is 0 Å². The Morgan fingerprint density at radius 3 is 1.02 bits per heavy atom. The van der Waals surface area contributed by atoms with Crippen LogP contribution in [0, 0.1) is 0 Å². The van der Waals surface area contributed by atoms with Crippen molar-refractivity contribution in [3.05, 3.63) is 24.3 Å². The van der Waals surface area contributed by atoms with Crippen molar-refractivity contribution in [1.29, 1.82) is 0 Å². The molecule has 7 nitrogen and oxygen atoms in total.